The van der Waals surface area contributed by atoms with Crippen LogP contribution in [0.2, 0.25) is 0 Å². The molecule has 1 atom stereocenters. The van der Waals surface area contributed by atoms with E-state index in [0.29, 0.717) is 4.71 Å². The molecule has 0 bridgehead atoms. The Hall–Kier alpha value is -0.200. The summed E-state index contributed by atoms with van der Waals surface area (Å²) in [6, 6.07) is 8.67. The van der Waals surface area contributed by atoms with Gasteiger partial charge in [0.05, 0.1) is 18.1 Å². The molecule has 0 radical (unpaired) electrons. The van der Waals surface area contributed by atoms with Gasteiger partial charge in [0.25, 0.3) is 0 Å². The van der Waals surface area contributed by atoms with Crippen molar-refractivity contribution in [3.63, 3.8) is 0 Å². The number of quaternary nitrogens is 1. The number of benzene rings is 1. The Balaban J connectivity index is 2.06. The molecule has 1 fully saturated rings. The zero-order valence-electron chi connectivity index (χ0n) is 8.96. The standard InChI is InChI=1S/C11H15N2OS2/c12-16-11-13(5-7-14-8-6-13)9-3-1-2-4-10(9)15-11/h1-4,11H,5-8,12H2/q+1. The third-order valence-corrected chi connectivity index (χ3v) is 5.82. The molecular formula is C11H15N2OS2+. The van der Waals surface area contributed by atoms with E-state index in [9.17, 15) is 0 Å². The fourth-order valence-corrected chi connectivity index (χ4v) is 4.87. The number of rotatable bonds is 1. The lowest BCUT2D eigenvalue weighted by atomic mass is 10.2. The first-order valence-electron chi connectivity index (χ1n) is 5.43. The molecule has 5 heteroatoms. The van der Waals surface area contributed by atoms with Gasteiger partial charge in [-0.15, -0.1) is 0 Å². The maximum atomic E-state index is 5.86. The highest BCUT2D eigenvalue weighted by Crippen LogP contribution is 2.51. The molecule has 2 aliphatic heterocycles. The predicted molar refractivity (Wildman–Crippen MR) is 70.2 cm³/mol. The van der Waals surface area contributed by atoms with Crippen LogP contribution in [0.5, 0.6) is 0 Å². The molecule has 86 valence electrons. The summed E-state index contributed by atoms with van der Waals surface area (Å²) in [4.78, 5) is 1.38. The smallest absolute Gasteiger partial charge is 0.206 e. The Morgan fingerprint density at radius 2 is 2.06 bits per heavy atom. The molecule has 16 heavy (non-hydrogen) atoms. The Kier molecular flexibility index (Phi) is 2.89. The maximum absolute atomic E-state index is 5.86. The second-order valence-corrected chi connectivity index (χ2v) is 6.26. The van der Waals surface area contributed by atoms with Gasteiger partial charge < -0.3 is 4.74 Å². The quantitative estimate of drug-likeness (QED) is 0.615. The van der Waals surface area contributed by atoms with E-state index in [-0.39, 0.29) is 0 Å². The largest absolute Gasteiger partial charge is 0.370 e. The van der Waals surface area contributed by atoms with Gasteiger partial charge in [-0.25, -0.2) is 0 Å². The molecule has 2 aliphatic rings. The summed E-state index contributed by atoms with van der Waals surface area (Å²) in [5.74, 6) is 0. The van der Waals surface area contributed by atoms with Crippen molar-refractivity contribution in [3.8, 4) is 0 Å². The number of para-hydroxylation sites is 1. The first-order chi connectivity index (χ1) is 7.87. The molecule has 2 N–H and O–H groups in total. The molecule has 3 nitrogen and oxygen atoms in total. The lowest BCUT2D eigenvalue weighted by Gasteiger charge is -2.40. The van der Waals surface area contributed by atoms with E-state index in [0.717, 1.165) is 30.8 Å². The summed E-state index contributed by atoms with van der Waals surface area (Å²) in [6.45, 7) is 3.76. The Morgan fingerprint density at radius 3 is 2.81 bits per heavy atom. The third kappa shape index (κ3) is 1.50. The normalized spacial score (nSPS) is 26.9. The van der Waals surface area contributed by atoms with Crippen LogP contribution >= 0.6 is 23.7 Å². The van der Waals surface area contributed by atoms with Crippen LogP contribution < -0.4 is 9.62 Å². The second kappa shape index (κ2) is 4.23. The minimum Gasteiger partial charge on any atom is -0.370 e. The Labute approximate surface area is 104 Å². The average Bonchev–Trinajstić information content (AvgIpc) is 2.65. The van der Waals surface area contributed by atoms with Crippen molar-refractivity contribution >= 4 is 29.4 Å². The van der Waals surface area contributed by atoms with E-state index in [1.165, 1.54) is 22.5 Å². The molecule has 0 aliphatic carbocycles. The lowest BCUT2D eigenvalue weighted by molar-refractivity contribution is 0.0467. The molecule has 1 spiro atoms. The zero-order chi connectivity index (χ0) is 11.0. The van der Waals surface area contributed by atoms with Crippen molar-refractivity contribution < 1.29 is 4.74 Å². The number of ether oxygens (including phenoxy) is 1. The van der Waals surface area contributed by atoms with Crippen LogP contribution in [-0.2, 0) is 4.74 Å². The number of morpholine rings is 1. The number of hydrogen-bond donors (Lipinski definition) is 1. The van der Waals surface area contributed by atoms with Gasteiger partial charge in [-0.1, -0.05) is 12.1 Å². The molecule has 3 rings (SSSR count). The van der Waals surface area contributed by atoms with Crippen LogP contribution in [0.4, 0.5) is 5.69 Å². The molecule has 1 unspecified atom stereocenters. The van der Waals surface area contributed by atoms with Gasteiger partial charge in [0.1, 0.15) is 18.8 Å². The third-order valence-electron chi connectivity index (χ3n) is 3.36. The van der Waals surface area contributed by atoms with Gasteiger partial charge in [0, 0.05) is 6.07 Å². The molecule has 0 amide bonds. The Bertz CT molecular complexity index is 393. The molecule has 1 aromatic rings. The number of nitrogens with zero attached hydrogens (tertiary/aromatic N) is 1. The molecular weight excluding hydrogens is 240 g/mol. The highest BCUT2D eigenvalue weighted by atomic mass is 32.2. The van der Waals surface area contributed by atoms with Gasteiger partial charge in [0.2, 0.25) is 4.71 Å². The summed E-state index contributed by atoms with van der Waals surface area (Å²) in [6.07, 6.45) is 0. The molecule has 0 aromatic heterocycles. The molecule has 1 aromatic carbocycles. The van der Waals surface area contributed by atoms with Gasteiger partial charge in [0.15, 0.2) is 0 Å². The van der Waals surface area contributed by atoms with E-state index in [2.05, 4.69) is 24.3 Å². The van der Waals surface area contributed by atoms with Crippen LogP contribution in [0, 0.1) is 0 Å². The molecule has 0 saturated carbocycles. The van der Waals surface area contributed by atoms with Crippen molar-refractivity contribution in [2.75, 3.05) is 26.3 Å². The average molecular weight is 255 g/mol. The first-order valence-corrected chi connectivity index (χ1v) is 7.25. The minimum absolute atomic E-state index is 0.390. The van der Waals surface area contributed by atoms with E-state index in [1.54, 1.807) is 0 Å². The van der Waals surface area contributed by atoms with Crippen molar-refractivity contribution in [2.24, 2.45) is 5.14 Å². The summed E-state index contributed by atoms with van der Waals surface area (Å²) < 4.78 is 6.87. The van der Waals surface area contributed by atoms with Gasteiger partial charge >= 0.3 is 0 Å². The van der Waals surface area contributed by atoms with Crippen LogP contribution in [-0.4, -0.2) is 31.0 Å². The molecule has 2 heterocycles. The SMILES string of the molecule is NSC1Sc2ccccc2[N+]12CCOCC2. The topological polar surface area (TPSA) is 35.2 Å². The first kappa shape index (κ1) is 10.9. The van der Waals surface area contributed by atoms with E-state index in [4.69, 9.17) is 9.88 Å². The molecule has 1 saturated heterocycles. The van der Waals surface area contributed by atoms with Crippen molar-refractivity contribution in [1.29, 1.82) is 0 Å². The monoisotopic (exact) mass is 255 g/mol. The second-order valence-electron chi connectivity index (χ2n) is 4.12. The summed E-state index contributed by atoms with van der Waals surface area (Å²) >= 11 is 3.37. The zero-order valence-corrected chi connectivity index (χ0v) is 10.6. The van der Waals surface area contributed by atoms with Crippen LogP contribution in [0.15, 0.2) is 29.2 Å². The minimum atomic E-state index is 0.390. The Morgan fingerprint density at radius 1 is 1.31 bits per heavy atom. The number of fused-ring (bicyclic) bond motifs is 2. The summed E-state index contributed by atoms with van der Waals surface area (Å²) in [5.41, 5.74) is 1.43. The van der Waals surface area contributed by atoms with Crippen molar-refractivity contribution in [1.82, 2.24) is 4.48 Å². The van der Waals surface area contributed by atoms with Gasteiger partial charge in [-0.05, 0) is 29.8 Å². The van der Waals surface area contributed by atoms with Crippen LogP contribution in [0.25, 0.3) is 0 Å². The fraction of sp³-hybridized carbons (Fsp3) is 0.455. The highest BCUT2D eigenvalue weighted by molar-refractivity contribution is 8.16. The van der Waals surface area contributed by atoms with Crippen LogP contribution in [0.1, 0.15) is 0 Å². The van der Waals surface area contributed by atoms with Crippen molar-refractivity contribution in [2.45, 2.75) is 9.60 Å². The maximum Gasteiger partial charge on any atom is 0.206 e. The predicted octanol–water partition coefficient (Wildman–Crippen LogP) is 2.02. The van der Waals surface area contributed by atoms with E-state index >= 15 is 0 Å². The highest BCUT2D eigenvalue weighted by Gasteiger charge is 2.48. The van der Waals surface area contributed by atoms with E-state index < -0.39 is 0 Å². The number of hydrogen-bond acceptors (Lipinski definition) is 4. The summed E-state index contributed by atoms with van der Waals surface area (Å²) in [7, 11) is 0. The lowest BCUT2D eigenvalue weighted by Crippen LogP contribution is -2.58. The van der Waals surface area contributed by atoms with Crippen LogP contribution in [0.3, 0.4) is 0 Å². The van der Waals surface area contributed by atoms with Gasteiger partial charge in [-0.3, -0.25) is 9.62 Å². The van der Waals surface area contributed by atoms with Gasteiger partial charge in [-0.2, -0.15) is 0 Å². The van der Waals surface area contributed by atoms with E-state index in [1.807, 2.05) is 11.8 Å². The number of thioether (sulfide) groups is 1. The summed E-state index contributed by atoms with van der Waals surface area (Å²) in [5, 5.41) is 5.86. The van der Waals surface area contributed by atoms with Crippen molar-refractivity contribution in [3.05, 3.63) is 24.3 Å². The number of nitrogens with two attached hydrogens (primary N) is 1. The fourth-order valence-electron chi connectivity index (χ4n) is 2.51.